The van der Waals surface area contributed by atoms with Gasteiger partial charge in [-0.1, -0.05) is 19.9 Å². The molecule has 1 atom stereocenters. The molecule has 1 fully saturated rings. The van der Waals surface area contributed by atoms with Crippen molar-refractivity contribution >= 4 is 17.5 Å². The molecule has 0 saturated heterocycles. The number of esters is 1. The van der Waals surface area contributed by atoms with E-state index in [9.17, 15) is 14.4 Å². The fraction of sp³-hybridized carbons (Fsp3) is 0.588. The van der Waals surface area contributed by atoms with Gasteiger partial charge in [-0.25, -0.2) is 0 Å². The Hall–Kier alpha value is -1.95. The van der Waals surface area contributed by atoms with Crippen molar-refractivity contribution in [3.63, 3.8) is 0 Å². The van der Waals surface area contributed by atoms with Crippen molar-refractivity contribution in [3.05, 3.63) is 23.9 Å². The Morgan fingerprint density at radius 3 is 2.57 bits per heavy atom. The van der Waals surface area contributed by atoms with Gasteiger partial charge >= 0.3 is 5.97 Å². The lowest BCUT2D eigenvalue weighted by Crippen LogP contribution is -2.47. The molecule has 0 aromatic carbocycles. The number of nitrogens with one attached hydrogen (secondary N) is 1. The highest BCUT2D eigenvalue weighted by Crippen LogP contribution is 2.39. The van der Waals surface area contributed by atoms with Gasteiger partial charge in [-0.05, 0) is 26.2 Å². The van der Waals surface area contributed by atoms with E-state index in [0.717, 1.165) is 0 Å². The maximum absolute atomic E-state index is 12.9. The first-order valence-electron chi connectivity index (χ1n) is 7.95. The lowest BCUT2D eigenvalue weighted by Gasteiger charge is -2.33. The number of rotatable bonds is 8. The lowest BCUT2D eigenvalue weighted by molar-refractivity contribution is -0.161. The summed E-state index contributed by atoms with van der Waals surface area (Å²) in [5.74, 6) is -1.30. The van der Waals surface area contributed by atoms with Crippen molar-refractivity contribution in [2.24, 2.45) is 5.41 Å². The van der Waals surface area contributed by atoms with Gasteiger partial charge in [0.2, 0.25) is 0 Å². The molecule has 0 spiro atoms. The highest BCUT2D eigenvalue weighted by atomic mass is 16.6. The molecule has 6 nitrogen and oxygen atoms in total. The largest absolute Gasteiger partial charge is 0.465 e. The fourth-order valence-electron chi connectivity index (χ4n) is 2.67. The van der Waals surface area contributed by atoms with Crippen LogP contribution in [0.3, 0.4) is 0 Å². The molecule has 1 aliphatic rings. The summed E-state index contributed by atoms with van der Waals surface area (Å²) in [6.45, 7) is 9.22. The van der Waals surface area contributed by atoms with Crippen LogP contribution in [-0.2, 0) is 24.0 Å². The summed E-state index contributed by atoms with van der Waals surface area (Å²) >= 11 is 0. The molecule has 0 aromatic heterocycles. The van der Waals surface area contributed by atoms with Crippen molar-refractivity contribution in [1.29, 1.82) is 0 Å². The summed E-state index contributed by atoms with van der Waals surface area (Å²) in [5.41, 5.74) is 1.79. The number of carbonyl (C=O) groups is 3. The zero-order valence-electron chi connectivity index (χ0n) is 14.1. The van der Waals surface area contributed by atoms with Crippen LogP contribution in [0.5, 0.6) is 0 Å². The standard InChI is InChI=1S/C17H25NO5/c1-5-11-23-18-12(6-2)14-13(19)9-10-17(7-3,15(14)20)16(21)22-8-4/h5,18H,1,6-11H2,2-4H3. The zero-order chi connectivity index (χ0) is 17.5. The smallest absolute Gasteiger partial charge is 0.320 e. The molecule has 0 aliphatic heterocycles. The van der Waals surface area contributed by atoms with Crippen LogP contribution >= 0.6 is 0 Å². The quantitative estimate of drug-likeness (QED) is 0.140. The predicted octanol–water partition coefficient (Wildman–Crippen LogP) is 2.25. The van der Waals surface area contributed by atoms with E-state index >= 15 is 0 Å². The van der Waals surface area contributed by atoms with Gasteiger partial charge in [0.15, 0.2) is 11.6 Å². The van der Waals surface area contributed by atoms with Crippen molar-refractivity contribution in [1.82, 2.24) is 5.48 Å². The van der Waals surface area contributed by atoms with Crippen LogP contribution in [0.1, 0.15) is 46.5 Å². The van der Waals surface area contributed by atoms with Crippen LogP contribution in [0, 0.1) is 5.41 Å². The second kappa shape index (κ2) is 8.62. The fourth-order valence-corrected chi connectivity index (χ4v) is 2.67. The molecular formula is C17H25NO5. The van der Waals surface area contributed by atoms with Crippen LogP contribution in [0.15, 0.2) is 23.9 Å². The van der Waals surface area contributed by atoms with Gasteiger partial charge in [-0.2, -0.15) is 0 Å². The molecule has 0 bridgehead atoms. The van der Waals surface area contributed by atoms with Crippen molar-refractivity contribution in [2.75, 3.05) is 13.2 Å². The molecule has 0 heterocycles. The second-order valence-corrected chi connectivity index (χ2v) is 5.32. The minimum absolute atomic E-state index is 0.0257. The van der Waals surface area contributed by atoms with Gasteiger partial charge in [0.1, 0.15) is 5.41 Å². The number of ketones is 2. The molecule has 1 unspecified atom stereocenters. The van der Waals surface area contributed by atoms with E-state index in [2.05, 4.69) is 12.1 Å². The third kappa shape index (κ3) is 3.88. The van der Waals surface area contributed by atoms with E-state index in [4.69, 9.17) is 9.57 Å². The molecule has 0 radical (unpaired) electrons. The number of carbonyl (C=O) groups excluding carboxylic acids is 3. The van der Waals surface area contributed by atoms with Gasteiger partial charge in [-0.3, -0.25) is 24.7 Å². The molecule has 0 amide bonds. The Labute approximate surface area is 136 Å². The molecule has 0 aromatic rings. The number of hydrogen-bond acceptors (Lipinski definition) is 6. The topological polar surface area (TPSA) is 81.7 Å². The van der Waals surface area contributed by atoms with E-state index in [-0.39, 0.29) is 37.4 Å². The lowest BCUT2D eigenvalue weighted by atomic mass is 9.68. The molecule has 6 heteroatoms. The van der Waals surface area contributed by atoms with Gasteiger partial charge < -0.3 is 4.74 Å². The first-order valence-corrected chi connectivity index (χ1v) is 7.95. The summed E-state index contributed by atoms with van der Waals surface area (Å²) in [4.78, 5) is 42.7. The Bertz CT molecular complexity index is 523. The highest BCUT2D eigenvalue weighted by Gasteiger charge is 2.51. The van der Waals surface area contributed by atoms with Crippen LogP contribution < -0.4 is 5.48 Å². The van der Waals surface area contributed by atoms with Crippen LogP contribution in [0.2, 0.25) is 0 Å². The molecule has 1 N–H and O–H groups in total. The van der Waals surface area contributed by atoms with Crippen LogP contribution in [-0.4, -0.2) is 30.7 Å². The van der Waals surface area contributed by atoms with Crippen molar-refractivity contribution in [2.45, 2.75) is 46.5 Å². The van der Waals surface area contributed by atoms with E-state index in [1.165, 1.54) is 0 Å². The molecule has 1 rings (SSSR count). The predicted molar refractivity (Wildman–Crippen MR) is 85.2 cm³/mol. The number of Topliss-reactive ketones (excluding diaryl/α,β-unsaturated/α-hetero) is 2. The highest BCUT2D eigenvalue weighted by molar-refractivity contribution is 6.28. The van der Waals surface area contributed by atoms with Gasteiger partial charge in [0.25, 0.3) is 0 Å². The average molecular weight is 323 g/mol. The number of hydroxylamine groups is 1. The minimum atomic E-state index is -1.28. The monoisotopic (exact) mass is 323 g/mol. The molecule has 128 valence electrons. The molecule has 1 saturated carbocycles. The maximum atomic E-state index is 12.9. The minimum Gasteiger partial charge on any atom is -0.465 e. The number of ether oxygens (including phenoxy) is 1. The van der Waals surface area contributed by atoms with E-state index < -0.39 is 17.2 Å². The summed E-state index contributed by atoms with van der Waals surface area (Å²) < 4.78 is 5.08. The van der Waals surface area contributed by atoms with E-state index in [1.807, 2.05) is 0 Å². The Morgan fingerprint density at radius 1 is 1.35 bits per heavy atom. The SMILES string of the molecule is C=CCONC(CC)=C1C(=O)CCC(CC)(C(=O)OCC)C1=O. The molecular weight excluding hydrogens is 298 g/mol. The first-order chi connectivity index (χ1) is 11.0. The molecule has 1 aliphatic carbocycles. The van der Waals surface area contributed by atoms with Gasteiger partial charge in [-0.15, -0.1) is 6.58 Å². The summed E-state index contributed by atoms with van der Waals surface area (Å²) in [6, 6.07) is 0. The first kappa shape index (κ1) is 19.1. The summed E-state index contributed by atoms with van der Waals surface area (Å²) in [6.07, 6.45) is 2.58. The van der Waals surface area contributed by atoms with Crippen LogP contribution in [0.25, 0.3) is 0 Å². The summed E-state index contributed by atoms with van der Waals surface area (Å²) in [7, 11) is 0. The van der Waals surface area contributed by atoms with Gasteiger partial charge in [0.05, 0.1) is 24.5 Å². The maximum Gasteiger partial charge on any atom is 0.320 e. The van der Waals surface area contributed by atoms with E-state index in [1.54, 1.807) is 26.8 Å². The molecule has 23 heavy (non-hydrogen) atoms. The van der Waals surface area contributed by atoms with Crippen molar-refractivity contribution < 1.29 is 24.0 Å². The number of hydrogen-bond donors (Lipinski definition) is 1. The average Bonchev–Trinajstić information content (AvgIpc) is 2.54. The third-order valence-corrected chi connectivity index (χ3v) is 4.04. The third-order valence-electron chi connectivity index (χ3n) is 4.04. The Balaban J connectivity index is 3.23. The Morgan fingerprint density at radius 2 is 2.04 bits per heavy atom. The Kier molecular flexibility index (Phi) is 7.16. The van der Waals surface area contributed by atoms with Crippen molar-refractivity contribution in [3.8, 4) is 0 Å². The van der Waals surface area contributed by atoms with Crippen LogP contribution in [0.4, 0.5) is 0 Å². The normalized spacial score (nSPS) is 23.4. The summed E-state index contributed by atoms with van der Waals surface area (Å²) in [5, 5.41) is 0. The zero-order valence-corrected chi connectivity index (χ0v) is 14.1. The van der Waals surface area contributed by atoms with E-state index in [0.29, 0.717) is 18.5 Å². The number of allylic oxidation sites excluding steroid dienone is 2. The second-order valence-electron chi connectivity index (χ2n) is 5.32. The van der Waals surface area contributed by atoms with Gasteiger partial charge in [0, 0.05) is 6.42 Å².